The monoisotopic (exact) mass is 513 g/mol. The van der Waals surface area contributed by atoms with Crippen molar-refractivity contribution in [3.63, 3.8) is 0 Å². The molecule has 36 heavy (non-hydrogen) atoms. The first-order chi connectivity index (χ1) is 16.8. The van der Waals surface area contributed by atoms with Crippen molar-refractivity contribution in [2.45, 2.75) is 123 Å². The van der Waals surface area contributed by atoms with Crippen LogP contribution in [0.2, 0.25) is 0 Å². The largest absolute Gasteiger partial charge is 0.462 e. The van der Waals surface area contributed by atoms with Gasteiger partial charge in [0.1, 0.15) is 18.0 Å². The van der Waals surface area contributed by atoms with E-state index >= 15 is 0 Å². The molecule has 2 rings (SSSR count). The van der Waals surface area contributed by atoms with Crippen molar-refractivity contribution in [3.05, 3.63) is 0 Å². The summed E-state index contributed by atoms with van der Waals surface area (Å²) in [5.41, 5.74) is 0. The van der Waals surface area contributed by atoms with E-state index in [9.17, 15) is 19.8 Å². The molecule has 0 saturated carbocycles. The number of Topliss-reactive ketones (excluding diaryl/α,β-unsaturated/α-hetero) is 1. The fraction of sp³-hybridized carbons (Fsp3) is 0.929. The van der Waals surface area contributed by atoms with Gasteiger partial charge in [0.2, 0.25) is 0 Å². The molecule has 0 aromatic carbocycles. The van der Waals surface area contributed by atoms with Gasteiger partial charge in [-0.25, -0.2) is 0 Å². The smallest absolute Gasteiger partial charge is 0.311 e. The number of nitrogens with zero attached hydrogens (tertiary/aromatic N) is 1. The van der Waals surface area contributed by atoms with E-state index in [1.807, 2.05) is 60.5 Å². The molecule has 0 aromatic heterocycles. The highest BCUT2D eigenvalue weighted by Crippen LogP contribution is 2.32. The zero-order valence-electron chi connectivity index (χ0n) is 23.8. The molecule has 4 unspecified atom stereocenters. The predicted molar refractivity (Wildman–Crippen MR) is 138 cm³/mol. The van der Waals surface area contributed by atoms with E-state index in [1.165, 1.54) is 0 Å². The van der Waals surface area contributed by atoms with Crippen molar-refractivity contribution < 1.29 is 34.0 Å². The number of hydrogen-bond donors (Lipinski definition) is 2. The van der Waals surface area contributed by atoms with E-state index in [-0.39, 0.29) is 54.1 Å². The molecule has 0 spiro atoms. The minimum atomic E-state index is -0.992. The molecule has 0 radical (unpaired) electrons. The number of aliphatic hydroxyl groups is 2. The van der Waals surface area contributed by atoms with Crippen molar-refractivity contribution >= 4 is 11.8 Å². The van der Waals surface area contributed by atoms with Crippen LogP contribution in [0.5, 0.6) is 0 Å². The molecule has 8 heteroatoms. The zero-order chi connectivity index (χ0) is 27.3. The molecule has 210 valence electrons. The quantitative estimate of drug-likeness (QED) is 0.551. The minimum Gasteiger partial charge on any atom is -0.462 e. The summed E-state index contributed by atoms with van der Waals surface area (Å²) in [4.78, 5) is 28.1. The third kappa shape index (κ3) is 7.97. The van der Waals surface area contributed by atoms with Gasteiger partial charge < -0.3 is 29.3 Å². The van der Waals surface area contributed by atoms with E-state index in [0.717, 1.165) is 0 Å². The molecule has 0 amide bonds. The van der Waals surface area contributed by atoms with Crippen LogP contribution in [0, 0.1) is 29.6 Å². The Bertz CT molecular complexity index is 716. The van der Waals surface area contributed by atoms with Crippen LogP contribution in [0.4, 0.5) is 0 Å². The van der Waals surface area contributed by atoms with Crippen LogP contribution < -0.4 is 0 Å². The Kier molecular flexibility index (Phi) is 11.8. The molecule has 2 heterocycles. The Morgan fingerprint density at radius 3 is 2.06 bits per heavy atom. The lowest BCUT2D eigenvalue weighted by Crippen LogP contribution is -2.55. The molecule has 2 N–H and O–H groups in total. The summed E-state index contributed by atoms with van der Waals surface area (Å²) in [5.74, 6) is -1.37. The number of hydrogen-bond acceptors (Lipinski definition) is 8. The normalized spacial score (nSPS) is 44.2. The number of rotatable bonds is 4. The highest BCUT2D eigenvalue weighted by atomic mass is 16.7. The highest BCUT2D eigenvalue weighted by molar-refractivity contribution is 5.82. The van der Waals surface area contributed by atoms with Crippen LogP contribution in [0.1, 0.15) is 80.6 Å². The van der Waals surface area contributed by atoms with Gasteiger partial charge in [-0.3, -0.25) is 9.59 Å². The van der Waals surface area contributed by atoms with E-state index in [2.05, 4.69) is 0 Å². The molecule has 0 bridgehead atoms. The van der Waals surface area contributed by atoms with E-state index in [4.69, 9.17) is 14.2 Å². The van der Waals surface area contributed by atoms with Gasteiger partial charge in [-0.2, -0.15) is 0 Å². The number of aliphatic hydroxyl groups excluding tert-OH is 2. The molecule has 0 aromatic rings. The first-order valence-electron chi connectivity index (χ1n) is 13.8. The first kappa shape index (κ1) is 31.2. The lowest BCUT2D eigenvalue weighted by Gasteiger charge is -2.43. The SMILES string of the molecule is CC[C@H]1OC(=O)[C@H](C)[C@@H](O)C[C@@H](OC2OC(C)CC(N(C)C)C2O)[C@@H](C)C[C@@H](C)C(=O)[C@H](C)C[C@H]1C. The molecule has 2 aliphatic rings. The summed E-state index contributed by atoms with van der Waals surface area (Å²) in [6, 6.07) is -0.124. The van der Waals surface area contributed by atoms with Crippen molar-refractivity contribution in [1.29, 1.82) is 0 Å². The molecular formula is C28H51NO7. The summed E-state index contributed by atoms with van der Waals surface area (Å²) in [6.45, 7) is 13.5. The van der Waals surface area contributed by atoms with Gasteiger partial charge in [0.25, 0.3) is 0 Å². The van der Waals surface area contributed by atoms with Gasteiger partial charge in [-0.15, -0.1) is 0 Å². The first-order valence-corrected chi connectivity index (χ1v) is 13.8. The summed E-state index contributed by atoms with van der Waals surface area (Å²) < 4.78 is 18.2. The molecule has 0 aliphatic carbocycles. The van der Waals surface area contributed by atoms with E-state index < -0.39 is 36.5 Å². The van der Waals surface area contributed by atoms with E-state index in [0.29, 0.717) is 25.7 Å². The maximum atomic E-state index is 13.2. The standard InChI is InChI=1S/C28H51NO7/c1-10-23-15(2)11-17(4)25(31)18(5)12-16(3)24(14-22(30)20(7)27(33)35-23)36-28-26(32)21(29(8)9)13-19(6)34-28/h15-24,26,28,30,32H,10-14H2,1-9H3/t15-,16+,17-,18-,19?,20-,21?,22+,23-,24-,26?,28?/m1/s1. The van der Waals surface area contributed by atoms with E-state index in [1.54, 1.807) is 6.92 Å². The molecule has 12 atom stereocenters. The third-order valence-corrected chi connectivity index (χ3v) is 8.37. The number of likely N-dealkylation sites (N-methyl/N-ethyl adjacent to an activating group) is 1. The van der Waals surface area contributed by atoms with Gasteiger partial charge in [-0.1, -0.05) is 34.6 Å². The maximum absolute atomic E-state index is 13.2. The van der Waals surface area contributed by atoms with Crippen LogP contribution >= 0.6 is 0 Å². The Morgan fingerprint density at radius 2 is 1.50 bits per heavy atom. The second kappa shape index (κ2) is 13.7. The molecule has 2 fully saturated rings. The lowest BCUT2D eigenvalue weighted by molar-refractivity contribution is -0.276. The predicted octanol–water partition coefficient (Wildman–Crippen LogP) is 3.41. The molecule has 2 saturated heterocycles. The third-order valence-electron chi connectivity index (χ3n) is 8.37. The van der Waals surface area contributed by atoms with Crippen molar-refractivity contribution in [3.8, 4) is 0 Å². The molecular weight excluding hydrogens is 462 g/mol. The number of esters is 1. The molecule has 8 nitrogen and oxygen atoms in total. The highest BCUT2D eigenvalue weighted by Gasteiger charge is 2.41. The van der Waals surface area contributed by atoms with Gasteiger partial charge in [-0.05, 0) is 65.5 Å². The average molecular weight is 514 g/mol. The van der Waals surface area contributed by atoms with Crippen LogP contribution in [-0.2, 0) is 23.8 Å². The van der Waals surface area contributed by atoms with Gasteiger partial charge in [0.15, 0.2) is 6.29 Å². The van der Waals surface area contributed by atoms with Crippen LogP contribution in [0.25, 0.3) is 0 Å². The topological polar surface area (TPSA) is 106 Å². The minimum absolute atomic E-state index is 0.0439. The fourth-order valence-corrected chi connectivity index (χ4v) is 5.84. The number of carbonyl (C=O) groups excluding carboxylic acids is 2. The van der Waals surface area contributed by atoms with Crippen molar-refractivity contribution in [2.75, 3.05) is 14.1 Å². The number of ether oxygens (including phenoxy) is 3. The Balaban J connectivity index is 2.32. The van der Waals surface area contributed by atoms with Crippen LogP contribution in [0.15, 0.2) is 0 Å². The van der Waals surface area contributed by atoms with Gasteiger partial charge in [0, 0.05) is 24.3 Å². The second-order valence-corrected chi connectivity index (χ2v) is 11.9. The Labute approximate surface area is 218 Å². The maximum Gasteiger partial charge on any atom is 0.311 e. The van der Waals surface area contributed by atoms with Crippen molar-refractivity contribution in [2.24, 2.45) is 29.6 Å². The number of cyclic esters (lactones) is 1. The summed E-state index contributed by atoms with van der Waals surface area (Å²) in [6.07, 6.45) is -0.905. The lowest BCUT2D eigenvalue weighted by atomic mass is 9.80. The van der Waals surface area contributed by atoms with Gasteiger partial charge >= 0.3 is 5.97 Å². The number of ketones is 1. The van der Waals surface area contributed by atoms with Crippen LogP contribution in [0.3, 0.4) is 0 Å². The average Bonchev–Trinajstić information content (AvgIpc) is 2.81. The fourth-order valence-electron chi connectivity index (χ4n) is 5.84. The molecule has 2 aliphatic heterocycles. The summed E-state index contributed by atoms with van der Waals surface area (Å²) in [5, 5.41) is 22.1. The van der Waals surface area contributed by atoms with Crippen LogP contribution in [-0.4, -0.2) is 83.8 Å². The van der Waals surface area contributed by atoms with Gasteiger partial charge in [0.05, 0.1) is 24.2 Å². The number of carbonyl (C=O) groups is 2. The second-order valence-electron chi connectivity index (χ2n) is 11.9. The summed E-state index contributed by atoms with van der Waals surface area (Å²) >= 11 is 0. The Morgan fingerprint density at radius 1 is 0.917 bits per heavy atom. The Hall–Kier alpha value is -1.06. The zero-order valence-corrected chi connectivity index (χ0v) is 23.8. The summed E-state index contributed by atoms with van der Waals surface area (Å²) in [7, 11) is 3.84. The van der Waals surface area contributed by atoms with Crippen molar-refractivity contribution in [1.82, 2.24) is 4.90 Å².